The molecule has 1 amide bonds. The highest BCUT2D eigenvalue weighted by Gasteiger charge is 2.15. The molecule has 5 heteroatoms. The molecule has 0 aromatic heterocycles. The van der Waals surface area contributed by atoms with Gasteiger partial charge in [0.05, 0.1) is 13.2 Å². The molecule has 0 spiro atoms. The van der Waals surface area contributed by atoms with Crippen LogP contribution in [-0.2, 0) is 16.1 Å². The van der Waals surface area contributed by atoms with Gasteiger partial charge in [-0.3, -0.25) is 4.79 Å². The lowest BCUT2D eigenvalue weighted by atomic mass is 10.1. The molecule has 110 valence electrons. The summed E-state index contributed by atoms with van der Waals surface area (Å²) in [6.45, 7) is 5.68. The number of rotatable bonds is 5. The minimum absolute atomic E-state index is 0.163. The third-order valence-corrected chi connectivity index (χ3v) is 3.43. The van der Waals surface area contributed by atoms with Crippen molar-refractivity contribution in [1.29, 1.82) is 0 Å². The van der Waals surface area contributed by atoms with Gasteiger partial charge in [0.1, 0.15) is 5.82 Å². The average Bonchev–Trinajstić information content (AvgIpc) is 2.48. The van der Waals surface area contributed by atoms with E-state index in [1.54, 1.807) is 13.0 Å². The third-order valence-electron chi connectivity index (χ3n) is 3.43. The number of nitrogens with one attached hydrogen (secondary N) is 1. The Labute approximate surface area is 118 Å². The molecule has 1 aliphatic rings. The van der Waals surface area contributed by atoms with E-state index >= 15 is 0 Å². The van der Waals surface area contributed by atoms with Gasteiger partial charge in [-0.2, -0.15) is 0 Å². The Morgan fingerprint density at radius 2 is 2.15 bits per heavy atom. The molecule has 1 N–H and O–H groups in total. The van der Waals surface area contributed by atoms with E-state index < -0.39 is 0 Å². The zero-order chi connectivity index (χ0) is 14.4. The second-order valence-electron chi connectivity index (χ2n) is 5.00. The van der Waals surface area contributed by atoms with Crippen LogP contribution in [0.25, 0.3) is 0 Å². The van der Waals surface area contributed by atoms with Gasteiger partial charge in [0, 0.05) is 32.6 Å². The second-order valence-corrected chi connectivity index (χ2v) is 5.00. The van der Waals surface area contributed by atoms with Gasteiger partial charge in [-0.15, -0.1) is 0 Å². The van der Waals surface area contributed by atoms with Gasteiger partial charge >= 0.3 is 0 Å². The van der Waals surface area contributed by atoms with E-state index in [1.807, 2.05) is 11.0 Å². The fraction of sp³-hybridized carbons (Fsp3) is 0.533. The molecular formula is C15H21FN2O2. The number of carbonyl (C=O) groups excluding carboxylic acids is 1. The molecule has 1 saturated heterocycles. The molecule has 2 rings (SSSR count). The van der Waals surface area contributed by atoms with Crippen molar-refractivity contribution in [3.63, 3.8) is 0 Å². The Balaban J connectivity index is 1.68. The summed E-state index contributed by atoms with van der Waals surface area (Å²) in [6.07, 6.45) is 0.486. The first kappa shape index (κ1) is 14.9. The lowest BCUT2D eigenvalue weighted by Crippen LogP contribution is -2.41. The third kappa shape index (κ3) is 4.28. The van der Waals surface area contributed by atoms with Crippen molar-refractivity contribution in [1.82, 2.24) is 10.2 Å². The first-order chi connectivity index (χ1) is 9.66. The first-order valence-electron chi connectivity index (χ1n) is 6.98. The molecule has 0 bridgehead atoms. The van der Waals surface area contributed by atoms with Crippen LogP contribution >= 0.6 is 0 Å². The fourth-order valence-corrected chi connectivity index (χ4v) is 2.22. The van der Waals surface area contributed by atoms with E-state index in [2.05, 4.69) is 5.32 Å². The molecule has 1 heterocycles. The van der Waals surface area contributed by atoms with Crippen molar-refractivity contribution in [3.05, 3.63) is 35.1 Å². The van der Waals surface area contributed by atoms with Crippen molar-refractivity contribution < 1.29 is 13.9 Å². The van der Waals surface area contributed by atoms with E-state index in [0.29, 0.717) is 51.4 Å². The Morgan fingerprint density at radius 1 is 1.40 bits per heavy atom. The molecule has 0 radical (unpaired) electrons. The maximum atomic E-state index is 13.1. The van der Waals surface area contributed by atoms with Crippen LogP contribution in [-0.4, -0.2) is 43.7 Å². The van der Waals surface area contributed by atoms with Crippen LogP contribution in [0.3, 0.4) is 0 Å². The van der Waals surface area contributed by atoms with Crippen LogP contribution < -0.4 is 5.32 Å². The minimum Gasteiger partial charge on any atom is -0.378 e. The van der Waals surface area contributed by atoms with Crippen LogP contribution in [0.1, 0.15) is 17.5 Å². The molecule has 1 fully saturated rings. The Bertz CT molecular complexity index is 459. The average molecular weight is 280 g/mol. The molecule has 1 aliphatic heterocycles. The lowest BCUT2D eigenvalue weighted by molar-refractivity contribution is -0.135. The monoisotopic (exact) mass is 280 g/mol. The predicted octanol–water partition coefficient (Wildman–Crippen LogP) is 1.47. The molecule has 20 heavy (non-hydrogen) atoms. The second kappa shape index (κ2) is 7.36. The maximum Gasteiger partial charge on any atom is 0.224 e. The molecular weight excluding hydrogens is 259 g/mol. The number of nitrogens with zero attached hydrogens (tertiary/aromatic N) is 1. The van der Waals surface area contributed by atoms with Crippen molar-refractivity contribution in [2.24, 2.45) is 0 Å². The van der Waals surface area contributed by atoms with Crippen molar-refractivity contribution in [2.75, 3.05) is 32.8 Å². The minimum atomic E-state index is -0.184. The van der Waals surface area contributed by atoms with Crippen LogP contribution in [0, 0.1) is 12.7 Å². The van der Waals surface area contributed by atoms with Gasteiger partial charge < -0.3 is 15.0 Å². The summed E-state index contributed by atoms with van der Waals surface area (Å²) in [5.74, 6) is -0.0210. The van der Waals surface area contributed by atoms with Crippen LogP contribution in [0.15, 0.2) is 18.2 Å². The first-order valence-corrected chi connectivity index (χ1v) is 6.98. The summed E-state index contributed by atoms with van der Waals surface area (Å²) in [5, 5.41) is 3.22. The molecule has 0 unspecified atom stereocenters. The Kier molecular flexibility index (Phi) is 5.49. The van der Waals surface area contributed by atoms with Crippen molar-refractivity contribution in [2.45, 2.75) is 19.9 Å². The number of carbonyl (C=O) groups is 1. The zero-order valence-electron chi connectivity index (χ0n) is 11.8. The number of morpholine rings is 1. The molecule has 4 nitrogen and oxygen atoms in total. The van der Waals surface area contributed by atoms with Gasteiger partial charge in [-0.1, -0.05) is 12.1 Å². The van der Waals surface area contributed by atoms with Crippen LogP contribution in [0.5, 0.6) is 0 Å². The standard InChI is InChI=1S/C15H21FN2O2/c1-12-10-13(2-3-14(12)16)11-17-5-4-15(19)18-6-8-20-9-7-18/h2-3,10,17H,4-9,11H2,1H3. The van der Waals surface area contributed by atoms with Gasteiger partial charge in [0.2, 0.25) is 5.91 Å². The number of hydrogen-bond acceptors (Lipinski definition) is 3. The summed E-state index contributed by atoms with van der Waals surface area (Å²) in [6, 6.07) is 5.07. The smallest absolute Gasteiger partial charge is 0.224 e. The number of ether oxygens (including phenoxy) is 1. The van der Waals surface area contributed by atoms with Crippen LogP contribution in [0.2, 0.25) is 0 Å². The number of amides is 1. The van der Waals surface area contributed by atoms with Crippen molar-refractivity contribution >= 4 is 5.91 Å². The zero-order valence-corrected chi connectivity index (χ0v) is 11.8. The molecule has 1 aromatic carbocycles. The highest BCUT2D eigenvalue weighted by molar-refractivity contribution is 5.76. The topological polar surface area (TPSA) is 41.6 Å². The van der Waals surface area contributed by atoms with Gasteiger partial charge in [0.25, 0.3) is 0 Å². The SMILES string of the molecule is Cc1cc(CNCCC(=O)N2CCOCC2)ccc1F. The fourth-order valence-electron chi connectivity index (χ4n) is 2.22. The predicted molar refractivity (Wildman–Crippen MR) is 74.9 cm³/mol. The largest absolute Gasteiger partial charge is 0.378 e. The van der Waals surface area contributed by atoms with Gasteiger partial charge in [-0.25, -0.2) is 4.39 Å². The summed E-state index contributed by atoms with van der Waals surface area (Å²) in [7, 11) is 0. The van der Waals surface area contributed by atoms with E-state index in [4.69, 9.17) is 4.74 Å². The van der Waals surface area contributed by atoms with E-state index in [0.717, 1.165) is 5.56 Å². The van der Waals surface area contributed by atoms with E-state index in [9.17, 15) is 9.18 Å². The lowest BCUT2D eigenvalue weighted by Gasteiger charge is -2.26. The molecule has 0 atom stereocenters. The van der Waals surface area contributed by atoms with Gasteiger partial charge in [0.15, 0.2) is 0 Å². The molecule has 0 aliphatic carbocycles. The highest BCUT2D eigenvalue weighted by atomic mass is 19.1. The number of halogens is 1. The Morgan fingerprint density at radius 3 is 2.85 bits per heavy atom. The van der Waals surface area contributed by atoms with Crippen LogP contribution in [0.4, 0.5) is 4.39 Å². The van der Waals surface area contributed by atoms with Crippen molar-refractivity contribution in [3.8, 4) is 0 Å². The van der Waals surface area contributed by atoms with Gasteiger partial charge in [-0.05, 0) is 24.1 Å². The summed E-state index contributed by atoms with van der Waals surface area (Å²) in [5.41, 5.74) is 1.68. The number of hydrogen-bond donors (Lipinski definition) is 1. The molecule has 1 aromatic rings. The number of benzene rings is 1. The summed E-state index contributed by atoms with van der Waals surface area (Å²) < 4.78 is 18.3. The molecule has 0 saturated carbocycles. The normalized spacial score (nSPS) is 15.4. The summed E-state index contributed by atoms with van der Waals surface area (Å²) in [4.78, 5) is 13.7. The Hall–Kier alpha value is -1.46. The maximum absolute atomic E-state index is 13.1. The summed E-state index contributed by atoms with van der Waals surface area (Å²) >= 11 is 0. The number of aryl methyl sites for hydroxylation is 1. The highest BCUT2D eigenvalue weighted by Crippen LogP contribution is 2.09. The van der Waals surface area contributed by atoms with E-state index in [1.165, 1.54) is 6.07 Å². The van der Waals surface area contributed by atoms with E-state index in [-0.39, 0.29) is 11.7 Å². The quantitative estimate of drug-likeness (QED) is 0.831.